The van der Waals surface area contributed by atoms with Crippen molar-refractivity contribution in [2.45, 2.75) is 13.3 Å². The van der Waals surface area contributed by atoms with Gasteiger partial charge in [0.15, 0.2) is 0 Å². The highest BCUT2D eigenvalue weighted by molar-refractivity contribution is 5.89. The number of nitrogens with one attached hydrogen (secondary N) is 1. The van der Waals surface area contributed by atoms with Crippen molar-refractivity contribution in [1.29, 1.82) is 0 Å². The molecule has 0 spiro atoms. The van der Waals surface area contributed by atoms with E-state index in [1.807, 2.05) is 0 Å². The topological polar surface area (TPSA) is 55.4 Å². The minimum Gasteiger partial charge on any atom is -0.466 e. The van der Waals surface area contributed by atoms with Gasteiger partial charge in [-0.05, 0) is 13.3 Å². The number of esters is 1. The van der Waals surface area contributed by atoms with Gasteiger partial charge in [-0.15, -0.1) is 0 Å². The van der Waals surface area contributed by atoms with Crippen molar-refractivity contribution in [1.82, 2.24) is 5.32 Å². The molecule has 1 aliphatic rings. The molecule has 0 radical (unpaired) electrons. The maximum absolute atomic E-state index is 11.0. The molecular weight excluding hydrogens is 158 g/mol. The van der Waals surface area contributed by atoms with Gasteiger partial charge in [-0.2, -0.15) is 0 Å². The molecule has 2 unspecified atom stereocenters. The largest absolute Gasteiger partial charge is 0.466 e. The molecule has 1 aliphatic carbocycles. The molecule has 12 heavy (non-hydrogen) atoms. The molecule has 2 atom stereocenters. The van der Waals surface area contributed by atoms with Gasteiger partial charge < -0.3 is 10.1 Å². The summed E-state index contributed by atoms with van der Waals surface area (Å²) >= 11 is 0. The van der Waals surface area contributed by atoms with Crippen molar-refractivity contribution in [3.05, 3.63) is 0 Å². The lowest BCUT2D eigenvalue weighted by molar-refractivity contribution is -0.146. The monoisotopic (exact) mass is 171 g/mol. The second kappa shape index (κ2) is 3.56. The van der Waals surface area contributed by atoms with Crippen LogP contribution in [-0.2, 0) is 14.3 Å². The van der Waals surface area contributed by atoms with E-state index in [1.165, 1.54) is 0 Å². The van der Waals surface area contributed by atoms with Crippen LogP contribution in [0.3, 0.4) is 0 Å². The lowest BCUT2D eigenvalue weighted by Gasteiger charge is -1.99. The highest BCUT2D eigenvalue weighted by atomic mass is 16.5. The predicted molar refractivity (Wildman–Crippen MR) is 42.3 cm³/mol. The number of carbonyl (C=O) groups excluding carboxylic acids is 2. The Balaban J connectivity index is 2.32. The van der Waals surface area contributed by atoms with Crippen molar-refractivity contribution >= 4 is 11.9 Å². The minimum atomic E-state index is -0.244. The first-order valence-corrected chi connectivity index (χ1v) is 4.09. The summed E-state index contributed by atoms with van der Waals surface area (Å²) < 4.78 is 4.77. The van der Waals surface area contributed by atoms with Gasteiger partial charge in [-0.3, -0.25) is 9.59 Å². The third-order valence-corrected chi connectivity index (χ3v) is 1.96. The highest BCUT2D eigenvalue weighted by Crippen LogP contribution is 2.39. The second-order valence-electron chi connectivity index (χ2n) is 2.81. The van der Waals surface area contributed by atoms with Crippen LogP contribution in [0.1, 0.15) is 13.3 Å². The summed E-state index contributed by atoms with van der Waals surface area (Å²) in [5.74, 6) is -0.641. The van der Waals surface area contributed by atoms with E-state index in [1.54, 1.807) is 14.0 Å². The van der Waals surface area contributed by atoms with Crippen LogP contribution in [0.5, 0.6) is 0 Å². The molecule has 4 heteroatoms. The summed E-state index contributed by atoms with van der Waals surface area (Å²) in [5.41, 5.74) is 0. The van der Waals surface area contributed by atoms with Gasteiger partial charge in [0.2, 0.25) is 5.91 Å². The van der Waals surface area contributed by atoms with Gasteiger partial charge in [0.25, 0.3) is 0 Å². The fraction of sp³-hybridized carbons (Fsp3) is 0.750. The Kier molecular flexibility index (Phi) is 2.68. The van der Waals surface area contributed by atoms with Crippen LogP contribution in [0.15, 0.2) is 0 Å². The van der Waals surface area contributed by atoms with E-state index in [0.29, 0.717) is 13.0 Å². The summed E-state index contributed by atoms with van der Waals surface area (Å²) in [6.07, 6.45) is 0.637. The molecule has 0 heterocycles. The Labute approximate surface area is 71.3 Å². The number of amides is 1. The van der Waals surface area contributed by atoms with Gasteiger partial charge in [-0.25, -0.2) is 0 Å². The van der Waals surface area contributed by atoms with Crippen LogP contribution in [0.25, 0.3) is 0 Å². The van der Waals surface area contributed by atoms with E-state index in [2.05, 4.69) is 5.32 Å². The third kappa shape index (κ3) is 1.75. The number of ether oxygens (including phenoxy) is 1. The SMILES string of the molecule is CCOC(=O)C1CC1C(=O)NC. The van der Waals surface area contributed by atoms with Crippen LogP contribution in [0, 0.1) is 11.8 Å². The number of hydrogen-bond acceptors (Lipinski definition) is 3. The molecule has 0 aromatic carbocycles. The van der Waals surface area contributed by atoms with E-state index in [0.717, 1.165) is 0 Å². The molecule has 1 rings (SSSR count). The maximum atomic E-state index is 11.0. The predicted octanol–water partition coefficient (Wildman–Crippen LogP) is -0.0684. The molecule has 0 bridgehead atoms. The van der Waals surface area contributed by atoms with Crippen LogP contribution < -0.4 is 5.32 Å². The second-order valence-corrected chi connectivity index (χ2v) is 2.81. The Morgan fingerprint density at radius 1 is 1.50 bits per heavy atom. The molecule has 1 amide bonds. The van der Waals surface area contributed by atoms with E-state index >= 15 is 0 Å². The lowest BCUT2D eigenvalue weighted by atomic mass is 10.3. The van der Waals surface area contributed by atoms with E-state index in [-0.39, 0.29) is 23.7 Å². The number of hydrogen-bond donors (Lipinski definition) is 1. The van der Waals surface area contributed by atoms with Gasteiger partial charge in [0.1, 0.15) is 0 Å². The first-order chi connectivity index (χ1) is 5.70. The number of carbonyl (C=O) groups is 2. The van der Waals surface area contributed by atoms with Crippen molar-refractivity contribution in [3.8, 4) is 0 Å². The fourth-order valence-corrected chi connectivity index (χ4v) is 1.18. The first-order valence-electron chi connectivity index (χ1n) is 4.09. The van der Waals surface area contributed by atoms with Crippen LogP contribution in [0.2, 0.25) is 0 Å². The van der Waals surface area contributed by atoms with Gasteiger partial charge in [-0.1, -0.05) is 0 Å². The third-order valence-electron chi connectivity index (χ3n) is 1.96. The molecule has 1 saturated carbocycles. The zero-order chi connectivity index (χ0) is 9.14. The Morgan fingerprint density at radius 2 is 2.17 bits per heavy atom. The molecule has 0 aromatic heterocycles. The molecular formula is C8H13NO3. The minimum absolute atomic E-state index is 0.0620. The number of rotatable bonds is 3. The van der Waals surface area contributed by atoms with E-state index in [9.17, 15) is 9.59 Å². The molecule has 68 valence electrons. The standard InChI is InChI=1S/C8H13NO3/c1-3-12-8(11)6-4-5(6)7(10)9-2/h5-6H,3-4H2,1-2H3,(H,9,10). The maximum Gasteiger partial charge on any atom is 0.309 e. The van der Waals surface area contributed by atoms with E-state index < -0.39 is 0 Å². The zero-order valence-corrected chi connectivity index (χ0v) is 7.29. The van der Waals surface area contributed by atoms with Gasteiger partial charge in [0, 0.05) is 7.05 Å². The Morgan fingerprint density at radius 3 is 2.67 bits per heavy atom. The van der Waals surface area contributed by atoms with Crippen LogP contribution in [0.4, 0.5) is 0 Å². The Bertz CT molecular complexity index is 202. The molecule has 0 saturated heterocycles. The van der Waals surface area contributed by atoms with Gasteiger partial charge in [0.05, 0.1) is 18.4 Å². The summed E-state index contributed by atoms with van der Waals surface area (Å²) in [6, 6.07) is 0. The lowest BCUT2D eigenvalue weighted by Crippen LogP contribution is -2.22. The van der Waals surface area contributed by atoms with E-state index in [4.69, 9.17) is 4.74 Å². The highest BCUT2D eigenvalue weighted by Gasteiger charge is 2.48. The Hall–Kier alpha value is -1.06. The molecule has 0 aromatic rings. The van der Waals surface area contributed by atoms with Crippen LogP contribution in [-0.4, -0.2) is 25.5 Å². The quantitative estimate of drug-likeness (QED) is 0.605. The first kappa shape index (κ1) is 9.03. The molecule has 1 fully saturated rings. The zero-order valence-electron chi connectivity index (χ0n) is 7.29. The summed E-state index contributed by atoms with van der Waals surface area (Å²) in [4.78, 5) is 22.0. The van der Waals surface area contributed by atoms with Crippen molar-refractivity contribution in [2.75, 3.05) is 13.7 Å². The summed E-state index contributed by atoms with van der Waals surface area (Å²) in [7, 11) is 1.57. The fourth-order valence-electron chi connectivity index (χ4n) is 1.18. The average Bonchev–Trinajstić information content (AvgIpc) is 2.82. The normalized spacial score (nSPS) is 26.2. The molecule has 4 nitrogen and oxygen atoms in total. The van der Waals surface area contributed by atoms with Gasteiger partial charge >= 0.3 is 5.97 Å². The smallest absolute Gasteiger partial charge is 0.309 e. The molecule has 1 N–H and O–H groups in total. The van der Waals surface area contributed by atoms with Crippen molar-refractivity contribution < 1.29 is 14.3 Å². The van der Waals surface area contributed by atoms with Crippen LogP contribution >= 0.6 is 0 Å². The molecule has 0 aliphatic heterocycles. The van der Waals surface area contributed by atoms with Crippen molar-refractivity contribution in [3.63, 3.8) is 0 Å². The summed E-state index contributed by atoms with van der Waals surface area (Å²) in [6.45, 7) is 2.14. The summed E-state index contributed by atoms with van der Waals surface area (Å²) in [5, 5.41) is 2.51. The van der Waals surface area contributed by atoms with Crippen molar-refractivity contribution in [2.24, 2.45) is 11.8 Å². The average molecular weight is 171 g/mol.